The van der Waals surface area contributed by atoms with E-state index in [-0.39, 0.29) is 29.1 Å². The fraction of sp³-hybridized carbons (Fsp3) is 0.714. The van der Waals surface area contributed by atoms with Crippen LogP contribution in [0.15, 0.2) is 4.34 Å². The van der Waals surface area contributed by atoms with Crippen molar-refractivity contribution in [3.63, 3.8) is 0 Å². The number of likely N-dealkylation sites (tertiary alicyclic amines) is 1. The standard InChI is InChI=1S/C14H22N4O3S2/c1-8(2)21-13-16-17-14(23-13)22-9(3)12(20)18-6-4-5-10(7-18)11(15)19/h8-10H,4-7H2,1-3H3,(H2,15,19)/t9-,10+/m1/s1. The summed E-state index contributed by atoms with van der Waals surface area (Å²) in [6, 6.07) is 0. The van der Waals surface area contributed by atoms with Gasteiger partial charge in [0.1, 0.15) is 0 Å². The van der Waals surface area contributed by atoms with Gasteiger partial charge in [-0.1, -0.05) is 16.9 Å². The summed E-state index contributed by atoms with van der Waals surface area (Å²) in [7, 11) is 0. The molecule has 2 N–H and O–H groups in total. The van der Waals surface area contributed by atoms with Crippen molar-refractivity contribution >= 4 is 34.9 Å². The van der Waals surface area contributed by atoms with Crippen LogP contribution in [-0.2, 0) is 9.59 Å². The number of carbonyl (C=O) groups excluding carboxylic acids is 2. The van der Waals surface area contributed by atoms with Gasteiger partial charge in [0.15, 0.2) is 4.34 Å². The third-order valence-corrected chi connectivity index (χ3v) is 5.47. The van der Waals surface area contributed by atoms with E-state index in [1.165, 1.54) is 23.1 Å². The first kappa shape index (κ1) is 18.0. The van der Waals surface area contributed by atoms with Gasteiger partial charge >= 0.3 is 0 Å². The molecule has 0 aliphatic carbocycles. The van der Waals surface area contributed by atoms with Crippen LogP contribution in [0.2, 0.25) is 0 Å². The first-order chi connectivity index (χ1) is 10.9. The molecule has 23 heavy (non-hydrogen) atoms. The second-order valence-electron chi connectivity index (χ2n) is 5.79. The van der Waals surface area contributed by atoms with E-state index < -0.39 is 0 Å². The van der Waals surface area contributed by atoms with Gasteiger partial charge in [-0.15, -0.1) is 5.10 Å². The maximum atomic E-state index is 12.5. The second kappa shape index (κ2) is 7.96. The summed E-state index contributed by atoms with van der Waals surface area (Å²) < 4.78 is 6.18. The number of hydrogen-bond donors (Lipinski definition) is 1. The SMILES string of the molecule is CC(C)Oc1nnc(S[C@H](C)C(=O)N2CCC[C@H](C(N)=O)C2)s1. The molecule has 1 fully saturated rings. The maximum Gasteiger partial charge on any atom is 0.295 e. The van der Waals surface area contributed by atoms with Crippen LogP contribution in [0.25, 0.3) is 0 Å². The fourth-order valence-electron chi connectivity index (χ4n) is 2.36. The fourth-order valence-corrected chi connectivity index (χ4v) is 4.40. The van der Waals surface area contributed by atoms with Crippen LogP contribution in [0, 0.1) is 5.92 Å². The predicted octanol–water partition coefficient (Wildman–Crippen LogP) is 1.53. The zero-order valence-corrected chi connectivity index (χ0v) is 15.2. The highest BCUT2D eigenvalue weighted by atomic mass is 32.2. The molecule has 0 aromatic carbocycles. The van der Waals surface area contributed by atoms with Crippen LogP contribution in [0.1, 0.15) is 33.6 Å². The zero-order chi connectivity index (χ0) is 17.0. The van der Waals surface area contributed by atoms with Crippen molar-refractivity contribution in [1.29, 1.82) is 0 Å². The van der Waals surface area contributed by atoms with Gasteiger partial charge in [0.05, 0.1) is 17.3 Å². The monoisotopic (exact) mass is 358 g/mol. The van der Waals surface area contributed by atoms with Gasteiger partial charge in [0.25, 0.3) is 5.19 Å². The third-order valence-electron chi connectivity index (χ3n) is 3.49. The molecule has 1 aromatic rings. The van der Waals surface area contributed by atoms with Crippen molar-refractivity contribution < 1.29 is 14.3 Å². The van der Waals surface area contributed by atoms with Crippen molar-refractivity contribution in [2.45, 2.75) is 49.3 Å². The van der Waals surface area contributed by atoms with Crippen LogP contribution in [0.4, 0.5) is 0 Å². The van der Waals surface area contributed by atoms with Crippen LogP contribution < -0.4 is 10.5 Å². The Kier molecular flexibility index (Phi) is 6.23. The minimum atomic E-state index is -0.331. The van der Waals surface area contributed by atoms with E-state index in [2.05, 4.69) is 10.2 Å². The second-order valence-corrected chi connectivity index (χ2v) is 8.31. The molecule has 2 atom stereocenters. The number of nitrogens with two attached hydrogens (primary N) is 1. The first-order valence-electron chi connectivity index (χ1n) is 7.61. The molecular weight excluding hydrogens is 336 g/mol. The summed E-state index contributed by atoms with van der Waals surface area (Å²) >= 11 is 2.69. The Morgan fingerprint density at radius 1 is 1.39 bits per heavy atom. The Morgan fingerprint density at radius 3 is 2.78 bits per heavy atom. The van der Waals surface area contributed by atoms with Gasteiger partial charge in [-0.3, -0.25) is 9.59 Å². The lowest BCUT2D eigenvalue weighted by Gasteiger charge is -2.32. The Balaban J connectivity index is 1.91. The number of thioether (sulfide) groups is 1. The van der Waals surface area contributed by atoms with E-state index in [1.807, 2.05) is 20.8 Å². The average molecular weight is 358 g/mol. The number of primary amides is 1. The summed E-state index contributed by atoms with van der Waals surface area (Å²) in [4.78, 5) is 25.6. The molecule has 128 valence electrons. The van der Waals surface area contributed by atoms with Crippen molar-refractivity contribution in [2.75, 3.05) is 13.1 Å². The molecule has 0 bridgehead atoms. The molecule has 7 nitrogen and oxygen atoms in total. The van der Waals surface area contributed by atoms with Gasteiger partial charge < -0.3 is 15.4 Å². The van der Waals surface area contributed by atoms with Crippen LogP contribution in [-0.4, -0.2) is 51.4 Å². The quantitative estimate of drug-likeness (QED) is 0.774. The van der Waals surface area contributed by atoms with Crippen LogP contribution >= 0.6 is 23.1 Å². The van der Waals surface area contributed by atoms with Crippen molar-refractivity contribution in [2.24, 2.45) is 11.7 Å². The van der Waals surface area contributed by atoms with E-state index in [0.29, 0.717) is 22.6 Å². The molecule has 1 saturated heterocycles. The van der Waals surface area contributed by atoms with E-state index in [1.54, 1.807) is 4.90 Å². The molecule has 1 aliphatic heterocycles. The Labute approximate surface area is 144 Å². The summed E-state index contributed by atoms with van der Waals surface area (Å²) in [6.07, 6.45) is 1.61. The number of hydrogen-bond acceptors (Lipinski definition) is 7. The van der Waals surface area contributed by atoms with Crippen LogP contribution in [0.5, 0.6) is 5.19 Å². The molecule has 0 radical (unpaired) electrons. The van der Waals surface area contributed by atoms with Gasteiger partial charge in [0.2, 0.25) is 11.8 Å². The number of nitrogens with zero attached hydrogens (tertiary/aromatic N) is 3. The van der Waals surface area contributed by atoms with Gasteiger partial charge in [-0.25, -0.2) is 0 Å². The molecule has 2 rings (SSSR count). The molecule has 1 aliphatic rings. The topological polar surface area (TPSA) is 98.4 Å². The van der Waals surface area contributed by atoms with Crippen molar-refractivity contribution in [3.8, 4) is 5.19 Å². The highest BCUT2D eigenvalue weighted by Crippen LogP contribution is 2.31. The highest BCUT2D eigenvalue weighted by Gasteiger charge is 2.30. The minimum Gasteiger partial charge on any atom is -0.466 e. The number of rotatable bonds is 6. The summed E-state index contributed by atoms with van der Waals surface area (Å²) in [5.74, 6) is -0.567. The third kappa shape index (κ3) is 5.07. The summed E-state index contributed by atoms with van der Waals surface area (Å²) in [5.41, 5.74) is 5.36. The molecule has 0 saturated carbocycles. The predicted molar refractivity (Wildman–Crippen MR) is 89.5 cm³/mol. The molecule has 0 spiro atoms. The molecule has 2 amide bonds. The number of amides is 2. The van der Waals surface area contributed by atoms with E-state index in [0.717, 1.165) is 12.8 Å². The lowest BCUT2D eigenvalue weighted by molar-refractivity contribution is -0.134. The first-order valence-corrected chi connectivity index (χ1v) is 9.31. The summed E-state index contributed by atoms with van der Waals surface area (Å²) in [6.45, 7) is 6.77. The van der Waals surface area contributed by atoms with E-state index in [9.17, 15) is 9.59 Å². The van der Waals surface area contributed by atoms with Crippen molar-refractivity contribution in [1.82, 2.24) is 15.1 Å². The molecule has 2 heterocycles. The van der Waals surface area contributed by atoms with Gasteiger partial charge in [-0.2, -0.15) is 0 Å². The highest BCUT2D eigenvalue weighted by molar-refractivity contribution is 8.02. The molecule has 9 heteroatoms. The largest absolute Gasteiger partial charge is 0.466 e. The van der Waals surface area contributed by atoms with E-state index in [4.69, 9.17) is 10.5 Å². The lowest BCUT2D eigenvalue weighted by atomic mass is 9.97. The summed E-state index contributed by atoms with van der Waals surface area (Å²) in [5, 5.41) is 8.22. The normalized spacial score (nSPS) is 19.7. The van der Waals surface area contributed by atoms with Crippen molar-refractivity contribution in [3.05, 3.63) is 0 Å². The Bertz CT molecular complexity index is 564. The lowest BCUT2D eigenvalue weighted by Crippen LogP contribution is -2.46. The molecule has 1 aromatic heterocycles. The number of carbonyl (C=O) groups is 2. The van der Waals surface area contributed by atoms with E-state index >= 15 is 0 Å². The van der Waals surface area contributed by atoms with Gasteiger partial charge in [0, 0.05) is 13.1 Å². The molecular formula is C14H22N4O3S2. The van der Waals surface area contributed by atoms with Gasteiger partial charge in [-0.05, 0) is 44.9 Å². The number of piperidine rings is 1. The Morgan fingerprint density at radius 2 is 2.13 bits per heavy atom. The smallest absolute Gasteiger partial charge is 0.295 e. The minimum absolute atomic E-state index is 0.00229. The molecule has 0 unspecified atom stereocenters. The van der Waals surface area contributed by atoms with Crippen LogP contribution in [0.3, 0.4) is 0 Å². The Hall–Kier alpha value is -1.35. The zero-order valence-electron chi connectivity index (χ0n) is 13.5. The number of aromatic nitrogens is 2. The maximum absolute atomic E-state index is 12.5. The average Bonchev–Trinajstić information content (AvgIpc) is 2.92. The number of ether oxygens (including phenoxy) is 1.